The molecule has 1 saturated heterocycles. The van der Waals surface area contributed by atoms with E-state index in [2.05, 4.69) is 27.2 Å². The van der Waals surface area contributed by atoms with Crippen molar-refractivity contribution in [2.75, 3.05) is 13.1 Å². The third-order valence-electron chi connectivity index (χ3n) is 6.08. The molecule has 1 amide bonds. The molecule has 8 heteroatoms. The molecule has 166 valence electrons. The van der Waals surface area contributed by atoms with Crippen LogP contribution in [0.3, 0.4) is 0 Å². The average Bonchev–Trinajstić information content (AvgIpc) is 3.50. The third kappa shape index (κ3) is 4.50. The van der Waals surface area contributed by atoms with Crippen LogP contribution in [-0.2, 0) is 30.9 Å². The molecule has 1 unspecified atom stereocenters. The summed E-state index contributed by atoms with van der Waals surface area (Å²) in [7, 11) is 0. The van der Waals surface area contributed by atoms with Gasteiger partial charge in [0, 0.05) is 19.6 Å². The SMILES string of the molecule is O=C(C1Cc2ccccc2CN1Cc1nc(COc2ccc(F)cc2)no1)N1CCCC1. The van der Waals surface area contributed by atoms with Crippen molar-refractivity contribution >= 4 is 5.91 Å². The number of amides is 1. The first-order valence-electron chi connectivity index (χ1n) is 10.9. The minimum Gasteiger partial charge on any atom is -0.485 e. The van der Waals surface area contributed by atoms with Crippen LogP contribution in [0.4, 0.5) is 4.39 Å². The standard InChI is InChI=1S/C24H25FN4O3/c25-19-7-9-20(10-8-19)31-16-22-26-23(32-27-22)15-29-14-18-6-2-1-5-17(18)13-21(29)24(30)28-11-3-4-12-28/h1-2,5-10,21H,3-4,11-16H2. The van der Waals surface area contributed by atoms with Gasteiger partial charge in [-0.25, -0.2) is 4.39 Å². The fourth-order valence-electron chi connectivity index (χ4n) is 4.40. The summed E-state index contributed by atoms with van der Waals surface area (Å²) < 4.78 is 24.1. The minimum absolute atomic E-state index is 0.119. The quantitative estimate of drug-likeness (QED) is 0.590. The number of fused-ring (bicyclic) bond motifs is 1. The molecule has 1 aromatic heterocycles. The van der Waals surface area contributed by atoms with E-state index in [-0.39, 0.29) is 24.4 Å². The molecule has 1 atom stereocenters. The molecule has 1 fully saturated rings. The molecule has 2 aromatic carbocycles. The summed E-state index contributed by atoms with van der Waals surface area (Å²) >= 11 is 0. The fourth-order valence-corrected chi connectivity index (χ4v) is 4.40. The second-order valence-corrected chi connectivity index (χ2v) is 8.27. The number of hydrogen-bond acceptors (Lipinski definition) is 6. The summed E-state index contributed by atoms with van der Waals surface area (Å²) in [6, 6.07) is 13.8. The fraction of sp³-hybridized carbons (Fsp3) is 0.375. The van der Waals surface area contributed by atoms with E-state index in [1.165, 1.54) is 23.3 Å². The number of nitrogens with zero attached hydrogens (tertiary/aromatic N) is 4. The zero-order valence-electron chi connectivity index (χ0n) is 17.7. The highest BCUT2D eigenvalue weighted by Gasteiger charge is 2.35. The van der Waals surface area contributed by atoms with Gasteiger partial charge in [-0.15, -0.1) is 0 Å². The maximum absolute atomic E-state index is 13.3. The van der Waals surface area contributed by atoms with Crippen molar-refractivity contribution in [3.05, 3.63) is 77.2 Å². The lowest BCUT2D eigenvalue weighted by atomic mass is 9.93. The summed E-state index contributed by atoms with van der Waals surface area (Å²) in [6.45, 7) is 2.83. The van der Waals surface area contributed by atoms with Crippen LogP contribution in [0.2, 0.25) is 0 Å². The maximum Gasteiger partial charge on any atom is 0.240 e. The van der Waals surface area contributed by atoms with Gasteiger partial charge in [0.15, 0.2) is 6.61 Å². The predicted molar refractivity (Wildman–Crippen MR) is 114 cm³/mol. The van der Waals surface area contributed by atoms with E-state index in [4.69, 9.17) is 9.26 Å². The van der Waals surface area contributed by atoms with E-state index >= 15 is 0 Å². The normalized spacial score (nSPS) is 18.5. The van der Waals surface area contributed by atoms with Gasteiger partial charge < -0.3 is 14.2 Å². The van der Waals surface area contributed by atoms with E-state index in [0.717, 1.165) is 25.9 Å². The zero-order valence-corrected chi connectivity index (χ0v) is 17.7. The first-order chi connectivity index (χ1) is 15.7. The summed E-state index contributed by atoms with van der Waals surface area (Å²) in [6.07, 6.45) is 2.81. The van der Waals surface area contributed by atoms with Crippen molar-refractivity contribution in [1.29, 1.82) is 0 Å². The molecule has 0 bridgehead atoms. The minimum atomic E-state index is -0.319. The maximum atomic E-state index is 13.3. The highest BCUT2D eigenvalue weighted by Crippen LogP contribution is 2.27. The van der Waals surface area contributed by atoms with Crippen LogP contribution in [0.5, 0.6) is 5.75 Å². The van der Waals surface area contributed by atoms with Gasteiger partial charge in [0.1, 0.15) is 11.6 Å². The van der Waals surface area contributed by atoms with Crippen molar-refractivity contribution in [3.63, 3.8) is 0 Å². The van der Waals surface area contributed by atoms with Gasteiger partial charge in [0.05, 0.1) is 12.6 Å². The monoisotopic (exact) mass is 436 g/mol. The van der Waals surface area contributed by atoms with E-state index in [1.54, 1.807) is 12.1 Å². The highest BCUT2D eigenvalue weighted by atomic mass is 19.1. The Bertz CT molecular complexity index is 1080. The average molecular weight is 436 g/mol. The number of likely N-dealkylation sites (tertiary alicyclic amines) is 1. The first kappa shape index (κ1) is 20.6. The molecule has 5 rings (SSSR count). The van der Waals surface area contributed by atoms with Crippen molar-refractivity contribution in [2.24, 2.45) is 0 Å². The van der Waals surface area contributed by atoms with Gasteiger partial charge in [-0.1, -0.05) is 29.4 Å². The van der Waals surface area contributed by atoms with Gasteiger partial charge in [-0.3, -0.25) is 9.69 Å². The van der Waals surface area contributed by atoms with Crippen molar-refractivity contribution < 1.29 is 18.4 Å². The third-order valence-corrected chi connectivity index (χ3v) is 6.08. The Kier molecular flexibility index (Phi) is 5.85. The lowest BCUT2D eigenvalue weighted by molar-refractivity contribution is -0.137. The van der Waals surface area contributed by atoms with Gasteiger partial charge in [-0.2, -0.15) is 4.98 Å². The Morgan fingerprint density at radius 3 is 2.62 bits per heavy atom. The van der Waals surface area contributed by atoms with Crippen molar-refractivity contribution in [3.8, 4) is 5.75 Å². The summed E-state index contributed by atoms with van der Waals surface area (Å²) in [5.74, 6) is 1.24. The number of rotatable bonds is 6. The van der Waals surface area contributed by atoms with Crippen LogP contribution in [0.15, 0.2) is 53.1 Å². The van der Waals surface area contributed by atoms with Gasteiger partial charge in [0.2, 0.25) is 17.6 Å². The molecule has 0 spiro atoms. The molecular weight excluding hydrogens is 411 g/mol. The van der Waals surface area contributed by atoms with Gasteiger partial charge in [0.25, 0.3) is 0 Å². The zero-order chi connectivity index (χ0) is 21.9. The number of carbonyl (C=O) groups excluding carboxylic acids is 1. The Morgan fingerprint density at radius 2 is 1.84 bits per heavy atom. The predicted octanol–water partition coefficient (Wildman–Crippen LogP) is 3.34. The van der Waals surface area contributed by atoms with Crippen LogP contribution >= 0.6 is 0 Å². The summed E-state index contributed by atoms with van der Waals surface area (Å²) in [5, 5.41) is 4.00. The molecule has 2 aliphatic heterocycles. The number of aromatic nitrogens is 2. The molecule has 0 N–H and O–H groups in total. The Morgan fingerprint density at radius 1 is 1.09 bits per heavy atom. The highest BCUT2D eigenvalue weighted by molar-refractivity contribution is 5.82. The van der Waals surface area contributed by atoms with Crippen LogP contribution in [0.25, 0.3) is 0 Å². The second-order valence-electron chi connectivity index (χ2n) is 8.27. The van der Waals surface area contributed by atoms with Gasteiger partial charge >= 0.3 is 0 Å². The van der Waals surface area contributed by atoms with E-state index in [0.29, 0.717) is 37.0 Å². The van der Waals surface area contributed by atoms with Crippen LogP contribution in [-0.4, -0.2) is 45.0 Å². The number of halogens is 1. The molecule has 0 aliphatic carbocycles. The number of hydrogen-bond donors (Lipinski definition) is 0. The molecule has 2 aliphatic rings. The van der Waals surface area contributed by atoms with Crippen LogP contribution in [0.1, 0.15) is 35.7 Å². The lowest BCUT2D eigenvalue weighted by Gasteiger charge is -2.37. The molecule has 3 heterocycles. The lowest BCUT2D eigenvalue weighted by Crippen LogP contribution is -2.50. The van der Waals surface area contributed by atoms with Crippen LogP contribution < -0.4 is 4.74 Å². The van der Waals surface area contributed by atoms with Crippen LogP contribution in [0, 0.1) is 5.82 Å². The largest absolute Gasteiger partial charge is 0.485 e. The van der Waals surface area contributed by atoms with Crippen molar-refractivity contribution in [1.82, 2.24) is 19.9 Å². The van der Waals surface area contributed by atoms with E-state index in [1.807, 2.05) is 17.0 Å². The second kappa shape index (κ2) is 9.08. The molecule has 7 nitrogen and oxygen atoms in total. The molecule has 3 aromatic rings. The molecule has 32 heavy (non-hydrogen) atoms. The Balaban J connectivity index is 1.29. The first-order valence-corrected chi connectivity index (χ1v) is 10.9. The Labute approximate surface area is 185 Å². The molecule has 0 saturated carbocycles. The topological polar surface area (TPSA) is 71.7 Å². The number of carbonyl (C=O) groups is 1. The number of ether oxygens (including phenoxy) is 1. The molecular formula is C24H25FN4O3. The smallest absolute Gasteiger partial charge is 0.240 e. The number of benzene rings is 2. The van der Waals surface area contributed by atoms with Crippen molar-refractivity contribution in [2.45, 2.75) is 45.0 Å². The van der Waals surface area contributed by atoms with E-state index in [9.17, 15) is 9.18 Å². The summed E-state index contributed by atoms with van der Waals surface area (Å²) in [5.41, 5.74) is 2.44. The Hall–Kier alpha value is -3.26. The summed E-state index contributed by atoms with van der Waals surface area (Å²) in [4.78, 5) is 21.8. The molecule has 0 radical (unpaired) electrons. The van der Waals surface area contributed by atoms with E-state index < -0.39 is 0 Å². The van der Waals surface area contributed by atoms with Gasteiger partial charge in [-0.05, 0) is 54.7 Å².